The molecule has 8 rings (SSSR count). The van der Waals surface area contributed by atoms with Crippen LogP contribution >= 0.6 is 11.6 Å². The molecule has 1 aliphatic carbocycles. The van der Waals surface area contributed by atoms with Crippen molar-refractivity contribution < 1.29 is 33.1 Å². The van der Waals surface area contributed by atoms with Crippen LogP contribution in [0.5, 0.6) is 5.75 Å². The molecule has 0 unspecified atom stereocenters. The van der Waals surface area contributed by atoms with Crippen molar-refractivity contribution in [2.24, 2.45) is 23.7 Å². The van der Waals surface area contributed by atoms with Crippen LogP contribution in [0.2, 0.25) is 5.02 Å². The number of aryl methyl sites for hydroxylation is 1. The highest BCUT2D eigenvalue weighted by atomic mass is 35.5. The predicted octanol–water partition coefficient (Wildman–Crippen LogP) is 5.15. The third-order valence-corrected chi connectivity index (χ3v) is 10.2. The molecule has 0 N–H and O–H groups in total. The van der Waals surface area contributed by atoms with Gasteiger partial charge in [0.15, 0.2) is 24.9 Å². The maximum absolute atomic E-state index is 11.9. The maximum Gasteiger partial charge on any atom is 0.355 e. The van der Waals surface area contributed by atoms with E-state index >= 15 is 0 Å². The van der Waals surface area contributed by atoms with Gasteiger partial charge >= 0.3 is 5.63 Å². The molecule has 12 heteroatoms. The first kappa shape index (κ1) is 28.2. The highest BCUT2D eigenvalue weighted by Gasteiger charge is 2.69. The van der Waals surface area contributed by atoms with Gasteiger partial charge in [-0.1, -0.05) is 30.7 Å². The third kappa shape index (κ3) is 4.65. The Morgan fingerprint density at radius 3 is 2.88 bits per heavy atom. The molecule has 11 nitrogen and oxygen atoms in total. The molecule has 4 saturated heterocycles. The lowest BCUT2D eigenvalue weighted by Gasteiger charge is -2.60. The minimum atomic E-state index is -0.809. The summed E-state index contributed by atoms with van der Waals surface area (Å²) >= 11 is 6.02. The Morgan fingerprint density at radius 2 is 2.02 bits per heavy atom. The fourth-order valence-corrected chi connectivity index (χ4v) is 7.54. The summed E-state index contributed by atoms with van der Waals surface area (Å²) < 4.78 is 32.0. The van der Waals surface area contributed by atoms with E-state index in [2.05, 4.69) is 24.2 Å². The number of hydrogen-bond donors (Lipinski definition) is 0. The van der Waals surface area contributed by atoms with Crippen molar-refractivity contribution in [2.45, 2.75) is 90.5 Å². The number of halogens is 1. The van der Waals surface area contributed by atoms with Crippen molar-refractivity contribution >= 4 is 22.6 Å². The van der Waals surface area contributed by atoms with Crippen LogP contribution in [0, 0.1) is 30.6 Å². The molecule has 42 heavy (non-hydrogen) atoms. The normalized spacial score (nSPS) is 35.6. The monoisotopic (exact) mass is 601 g/mol. The van der Waals surface area contributed by atoms with Crippen LogP contribution in [0.1, 0.15) is 57.7 Å². The van der Waals surface area contributed by atoms with E-state index in [1.165, 1.54) is 0 Å². The van der Waals surface area contributed by atoms with E-state index in [-0.39, 0.29) is 23.6 Å². The van der Waals surface area contributed by atoms with Gasteiger partial charge < -0.3 is 23.4 Å². The Kier molecular flexibility index (Phi) is 7.11. The van der Waals surface area contributed by atoms with Gasteiger partial charge in [0.05, 0.1) is 18.5 Å². The summed E-state index contributed by atoms with van der Waals surface area (Å²) in [4.78, 5) is 24.0. The van der Waals surface area contributed by atoms with E-state index in [0.717, 1.165) is 36.8 Å². The van der Waals surface area contributed by atoms with Crippen molar-refractivity contribution in [3.63, 3.8) is 0 Å². The SMILES string of the molecule is Cc1c(Cl)c(=O)oc2cc(OCn3cc(CCO[C@H]4O[C@@H]5O[C@@]6(C)CC[C@H]7[C@H](C)CC[C@@H]([C@H]4C)[C@@]57OO6)nn3)ccc12. The predicted molar refractivity (Wildman–Crippen MR) is 149 cm³/mol. The average molecular weight is 602 g/mol. The largest absolute Gasteiger partial charge is 0.471 e. The zero-order valence-electron chi connectivity index (χ0n) is 24.2. The lowest BCUT2D eigenvalue weighted by Crippen LogP contribution is -2.70. The van der Waals surface area contributed by atoms with Crippen molar-refractivity contribution in [1.29, 1.82) is 0 Å². The molecule has 1 aromatic carbocycles. The van der Waals surface area contributed by atoms with Gasteiger partial charge in [0, 0.05) is 36.1 Å². The highest BCUT2D eigenvalue weighted by Crippen LogP contribution is 2.60. The number of hydrogen-bond acceptors (Lipinski definition) is 10. The number of fused-ring (bicyclic) bond motifs is 3. The van der Waals surface area contributed by atoms with Gasteiger partial charge in [0.1, 0.15) is 16.4 Å². The third-order valence-electron chi connectivity index (χ3n) is 9.76. The Labute approximate surface area is 248 Å². The smallest absolute Gasteiger partial charge is 0.355 e. The quantitative estimate of drug-likeness (QED) is 0.266. The van der Waals surface area contributed by atoms with Crippen molar-refractivity contribution in [3.8, 4) is 5.75 Å². The molecule has 2 aromatic heterocycles. The highest BCUT2D eigenvalue weighted by molar-refractivity contribution is 6.31. The minimum absolute atomic E-state index is 0.0868. The van der Waals surface area contributed by atoms with Crippen LogP contribution in [-0.2, 0) is 37.1 Å². The minimum Gasteiger partial charge on any atom is -0.471 e. The molecular formula is C30H36ClN3O8. The van der Waals surface area contributed by atoms with Crippen LogP contribution in [0.3, 0.4) is 0 Å². The van der Waals surface area contributed by atoms with Crippen molar-refractivity contribution in [1.82, 2.24) is 15.0 Å². The van der Waals surface area contributed by atoms with Gasteiger partial charge in [-0.25, -0.2) is 19.3 Å². The first-order chi connectivity index (χ1) is 20.2. The number of rotatable bonds is 7. The van der Waals surface area contributed by atoms with Gasteiger partial charge in [-0.2, -0.15) is 0 Å². The maximum atomic E-state index is 11.9. The summed E-state index contributed by atoms with van der Waals surface area (Å²) in [6.07, 6.45) is 5.38. The molecule has 0 radical (unpaired) electrons. The number of benzene rings is 1. The average Bonchev–Trinajstić information content (AvgIpc) is 3.30. The molecule has 1 spiro atoms. The van der Waals surface area contributed by atoms with E-state index in [4.69, 9.17) is 44.7 Å². The molecule has 4 aliphatic heterocycles. The van der Waals surface area contributed by atoms with Crippen LogP contribution in [0.25, 0.3) is 11.0 Å². The molecule has 3 aromatic rings. The zero-order chi connectivity index (χ0) is 29.2. The van der Waals surface area contributed by atoms with Gasteiger partial charge in [-0.15, -0.1) is 5.10 Å². The van der Waals surface area contributed by atoms with E-state index < -0.39 is 29.6 Å². The Morgan fingerprint density at radius 1 is 1.17 bits per heavy atom. The lowest BCUT2D eigenvalue weighted by molar-refractivity contribution is -0.577. The van der Waals surface area contributed by atoms with Gasteiger partial charge in [0.2, 0.25) is 5.79 Å². The molecule has 2 bridgehead atoms. The standard InChI is InChI=1S/C30H36ClN3O8/c1-16-5-8-23-18(3)27(39-28-30(23)22(16)9-11-29(4,40-28)41-42-30)36-12-10-19-14-34(33-32-19)15-37-20-6-7-21-17(2)25(31)26(35)38-24(21)13-20/h6-7,13-14,16,18,22-23,27-28H,5,8-12,15H2,1-4H3/t16-,18-,22+,23+,27+,28-,29-,30-/m1/s1. The molecule has 1 saturated carbocycles. The Hall–Kier alpha value is -2.54. The summed E-state index contributed by atoms with van der Waals surface area (Å²) in [7, 11) is 0. The van der Waals surface area contributed by atoms with Crippen molar-refractivity contribution in [2.75, 3.05) is 6.61 Å². The van der Waals surface area contributed by atoms with Gasteiger partial charge in [0.25, 0.3) is 0 Å². The van der Waals surface area contributed by atoms with Crippen LogP contribution in [0.4, 0.5) is 0 Å². The Bertz CT molecular complexity index is 1540. The molecule has 5 fully saturated rings. The second-order valence-corrected chi connectivity index (χ2v) is 12.8. The summed E-state index contributed by atoms with van der Waals surface area (Å²) in [5.41, 5.74) is 0.687. The molecular weight excluding hydrogens is 566 g/mol. The first-order valence-electron chi connectivity index (χ1n) is 14.7. The van der Waals surface area contributed by atoms with Gasteiger partial charge in [-0.05, 0) is 62.6 Å². The Balaban J connectivity index is 0.967. The number of aromatic nitrogens is 3. The fourth-order valence-electron chi connectivity index (χ4n) is 7.40. The summed E-state index contributed by atoms with van der Waals surface area (Å²) in [5.74, 6) is 0.888. The summed E-state index contributed by atoms with van der Waals surface area (Å²) in [5, 5.41) is 9.28. The summed E-state index contributed by atoms with van der Waals surface area (Å²) in [6, 6.07) is 5.27. The van der Waals surface area contributed by atoms with E-state index in [1.54, 1.807) is 23.7 Å². The topological polar surface area (TPSA) is 116 Å². The zero-order valence-corrected chi connectivity index (χ0v) is 25.0. The molecule has 6 heterocycles. The van der Waals surface area contributed by atoms with E-state index in [9.17, 15) is 4.79 Å². The molecule has 5 aliphatic rings. The van der Waals surface area contributed by atoms with Crippen molar-refractivity contribution in [3.05, 3.63) is 51.1 Å². The lowest BCUT2D eigenvalue weighted by atomic mass is 9.58. The van der Waals surface area contributed by atoms with Crippen LogP contribution in [-0.4, -0.2) is 45.6 Å². The first-order valence-corrected chi connectivity index (χ1v) is 15.1. The number of ether oxygens (including phenoxy) is 4. The second kappa shape index (κ2) is 10.6. The van der Waals surface area contributed by atoms with Gasteiger partial charge in [-0.3, -0.25) is 0 Å². The fraction of sp³-hybridized carbons (Fsp3) is 0.633. The molecule has 226 valence electrons. The van der Waals surface area contributed by atoms with Crippen LogP contribution in [0.15, 0.2) is 33.6 Å². The van der Waals surface area contributed by atoms with E-state index in [1.807, 2.05) is 19.2 Å². The molecule has 0 amide bonds. The number of nitrogens with zero attached hydrogens (tertiary/aromatic N) is 3. The summed E-state index contributed by atoms with van der Waals surface area (Å²) in [6.45, 7) is 8.75. The van der Waals surface area contributed by atoms with E-state index in [0.29, 0.717) is 41.8 Å². The molecule has 8 atom stereocenters. The second-order valence-electron chi connectivity index (χ2n) is 12.4. The van der Waals surface area contributed by atoms with Crippen LogP contribution < -0.4 is 10.4 Å².